The summed E-state index contributed by atoms with van der Waals surface area (Å²) in [7, 11) is 1.94. The van der Waals surface area contributed by atoms with Crippen molar-refractivity contribution in [2.75, 3.05) is 56.1 Å². The Bertz CT molecular complexity index is 1720. The number of aromatic nitrogens is 2. The van der Waals surface area contributed by atoms with E-state index < -0.39 is 5.92 Å². The van der Waals surface area contributed by atoms with Gasteiger partial charge in [0.05, 0.1) is 17.3 Å². The molecule has 0 N–H and O–H groups in total. The number of anilines is 2. The van der Waals surface area contributed by atoms with Crippen LogP contribution in [0.2, 0.25) is 5.02 Å². The van der Waals surface area contributed by atoms with Gasteiger partial charge in [0.2, 0.25) is 18.4 Å². The van der Waals surface area contributed by atoms with Crippen molar-refractivity contribution in [3.8, 4) is 6.01 Å². The molecule has 1 aliphatic carbocycles. The second-order valence-corrected chi connectivity index (χ2v) is 13.8. The largest absolute Gasteiger partial charge is 0.459 e. The molecule has 0 unspecified atom stereocenters. The van der Waals surface area contributed by atoms with Crippen molar-refractivity contribution < 1.29 is 18.3 Å². The highest BCUT2D eigenvalue weighted by atomic mass is 35.5. The van der Waals surface area contributed by atoms with Crippen molar-refractivity contribution in [2.45, 2.75) is 63.8 Å². The summed E-state index contributed by atoms with van der Waals surface area (Å²) in [6.07, 6.45) is 1.52. The minimum Gasteiger partial charge on any atom is -0.459 e. The van der Waals surface area contributed by atoms with Crippen LogP contribution in [0.5, 0.6) is 6.01 Å². The van der Waals surface area contributed by atoms with Crippen LogP contribution in [0.3, 0.4) is 0 Å². The molecule has 3 aliphatic rings. The van der Waals surface area contributed by atoms with E-state index in [1.165, 1.54) is 6.08 Å². The predicted octanol–water partition coefficient (Wildman–Crippen LogP) is 6.10. The molecule has 1 aromatic heterocycles. The van der Waals surface area contributed by atoms with Crippen LogP contribution in [0, 0.1) is 12.5 Å². The van der Waals surface area contributed by atoms with Gasteiger partial charge < -0.3 is 24.3 Å². The number of piperazine rings is 1. The van der Waals surface area contributed by atoms with E-state index in [0.717, 1.165) is 40.1 Å². The van der Waals surface area contributed by atoms with Crippen LogP contribution in [0.25, 0.3) is 15.6 Å². The molecule has 0 spiro atoms. The van der Waals surface area contributed by atoms with Crippen LogP contribution >= 0.6 is 11.6 Å². The first-order valence-electron chi connectivity index (χ1n) is 16.6. The molecule has 48 heavy (non-hydrogen) atoms. The highest BCUT2D eigenvalue weighted by Gasteiger charge is 2.48. The van der Waals surface area contributed by atoms with Crippen LogP contribution in [-0.4, -0.2) is 96.1 Å². The van der Waals surface area contributed by atoms with Gasteiger partial charge in [0, 0.05) is 68.2 Å². The van der Waals surface area contributed by atoms with E-state index in [2.05, 4.69) is 44.3 Å². The summed E-state index contributed by atoms with van der Waals surface area (Å²) in [5.74, 6) is -2.03. The molecule has 3 atom stereocenters. The summed E-state index contributed by atoms with van der Waals surface area (Å²) < 4.78 is 33.5. The van der Waals surface area contributed by atoms with Gasteiger partial charge in [0.15, 0.2) is 0 Å². The molecule has 12 heteroatoms. The molecule has 3 heterocycles. The molecule has 9 nitrogen and oxygen atoms in total. The second-order valence-electron chi connectivity index (χ2n) is 13.4. The minimum absolute atomic E-state index is 0.00859. The molecule has 0 radical (unpaired) electrons. The van der Waals surface area contributed by atoms with Crippen molar-refractivity contribution in [3.05, 3.63) is 76.8 Å². The Morgan fingerprint density at radius 1 is 1.19 bits per heavy atom. The molecule has 2 aliphatic heterocycles. The number of rotatable bonds is 10. The Balaban J connectivity index is 1.29. The summed E-state index contributed by atoms with van der Waals surface area (Å²) in [4.78, 5) is 34.4. The fourth-order valence-corrected chi connectivity index (χ4v) is 7.64. The molecule has 254 valence electrons. The van der Waals surface area contributed by atoms with Gasteiger partial charge in [-0.2, -0.15) is 9.97 Å². The van der Waals surface area contributed by atoms with Gasteiger partial charge in [0.1, 0.15) is 18.0 Å². The fraction of sp³-hybridized carbons (Fsp3) is 0.500. The Kier molecular flexibility index (Phi) is 9.77. The van der Waals surface area contributed by atoms with Crippen molar-refractivity contribution in [1.29, 1.82) is 0 Å². The smallest absolute Gasteiger partial charge is 0.318 e. The van der Waals surface area contributed by atoms with E-state index in [0.29, 0.717) is 44.2 Å². The molecular formula is C36H42ClF2N7O2. The monoisotopic (exact) mass is 677 g/mol. The van der Waals surface area contributed by atoms with Gasteiger partial charge in [-0.15, -0.1) is 0 Å². The molecule has 1 saturated carbocycles. The molecular weight excluding hydrogens is 636 g/mol. The van der Waals surface area contributed by atoms with Gasteiger partial charge in [0.25, 0.3) is 0 Å². The number of carbonyl (C=O) groups is 1. The van der Waals surface area contributed by atoms with Gasteiger partial charge in [-0.05, 0) is 56.8 Å². The number of carbonyl (C=O) groups excluding carboxylic acids is 1. The zero-order valence-corrected chi connectivity index (χ0v) is 28.5. The average Bonchev–Trinajstić information content (AvgIpc) is 3.05. The Labute approximate surface area is 285 Å². The van der Waals surface area contributed by atoms with Crippen molar-refractivity contribution in [3.63, 3.8) is 0 Å². The van der Waals surface area contributed by atoms with Crippen LogP contribution < -0.4 is 14.5 Å². The standard InChI is InChI=1S/C36H42ClF2N7O2/c1-6-32(47)46-16-15-45(21-27(46)19-40-4)34-28-13-14-44(31-12-8-10-25-9-7-11-29(37)33(25)31)22-30(28)41-35(42-34)48-23(2)20-43(5)24(3)26-17-36(38,39)18-26/h6-12,23-24,26-27H,1,13-22H2,2-3,5H3/t23-,24-,27-/m0/s1. The van der Waals surface area contributed by atoms with Crippen molar-refractivity contribution in [1.82, 2.24) is 19.8 Å². The molecule has 3 aromatic rings. The normalized spacial score (nSPS) is 20.5. The van der Waals surface area contributed by atoms with Crippen molar-refractivity contribution >= 4 is 39.8 Å². The molecule has 6 rings (SSSR count). The van der Waals surface area contributed by atoms with Crippen LogP contribution in [0.15, 0.2) is 49.1 Å². The van der Waals surface area contributed by atoms with Gasteiger partial charge in [-0.1, -0.05) is 42.4 Å². The maximum absolute atomic E-state index is 13.6. The summed E-state index contributed by atoms with van der Waals surface area (Å²) in [5.41, 5.74) is 2.91. The Morgan fingerprint density at radius 3 is 2.65 bits per heavy atom. The molecule has 1 saturated heterocycles. The Hall–Kier alpha value is -4.01. The summed E-state index contributed by atoms with van der Waals surface area (Å²) >= 11 is 6.71. The quantitative estimate of drug-likeness (QED) is 0.190. The topological polar surface area (TPSA) is 69.4 Å². The SMILES string of the molecule is [C-]#[N+]C[C@H]1CN(c2nc(O[C@@H](C)CN(C)[C@@H](C)C3CC(F)(F)C3)nc3c2CCN(c2cccc4cccc(Cl)c24)C3)CCN1C(=O)C=C. The first kappa shape index (κ1) is 33.9. The maximum Gasteiger partial charge on any atom is 0.318 e. The molecule has 1 amide bonds. The lowest BCUT2D eigenvalue weighted by Gasteiger charge is -2.42. The number of alkyl halides is 2. The second kappa shape index (κ2) is 13.8. The number of ether oxygens (including phenoxy) is 1. The predicted molar refractivity (Wildman–Crippen MR) is 185 cm³/mol. The van der Waals surface area contributed by atoms with E-state index in [1.807, 2.05) is 39.1 Å². The summed E-state index contributed by atoms with van der Waals surface area (Å²) in [5, 5.41) is 2.75. The van der Waals surface area contributed by atoms with E-state index in [4.69, 9.17) is 32.9 Å². The minimum atomic E-state index is -2.56. The lowest BCUT2D eigenvalue weighted by atomic mass is 9.76. The molecule has 0 bridgehead atoms. The fourth-order valence-electron chi connectivity index (χ4n) is 7.36. The summed E-state index contributed by atoms with van der Waals surface area (Å²) in [6, 6.07) is 12.0. The highest BCUT2D eigenvalue weighted by molar-refractivity contribution is 6.36. The lowest BCUT2D eigenvalue weighted by Crippen LogP contribution is -2.56. The first-order valence-corrected chi connectivity index (χ1v) is 16.9. The maximum atomic E-state index is 13.6. The highest BCUT2D eigenvalue weighted by Crippen LogP contribution is 2.45. The van der Waals surface area contributed by atoms with E-state index in [1.54, 1.807) is 4.90 Å². The number of halogens is 3. The zero-order chi connectivity index (χ0) is 34.2. The number of likely N-dealkylation sites (N-methyl/N-ethyl adjacent to an activating group) is 1. The number of hydrogen-bond donors (Lipinski definition) is 0. The molecule has 2 fully saturated rings. The number of amides is 1. The van der Waals surface area contributed by atoms with Crippen LogP contribution in [0.1, 0.15) is 37.9 Å². The number of benzene rings is 2. The van der Waals surface area contributed by atoms with E-state index in [9.17, 15) is 13.6 Å². The van der Waals surface area contributed by atoms with E-state index >= 15 is 0 Å². The first-order chi connectivity index (χ1) is 23.0. The number of fused-ring (bicyclic) bond motifs is 2. The Morgan fingerprint density at radius 2 is 1.94 bits per heavy atom. The van der Waals surface area contributed by atoms with E-state index in [-0.39, 0.29) is 55.4 Å². The van der Waals surface area contributed by atoms with Crippen molar-refractivity contribution in [2.24, 2.45) is 5.92 Å². The number of nitrogens with zero attached hydrogens (tertiary/aromatic N) is 7. The van der Waals surface area contributed by atoms with Gasteiger partial charge in [-0.25, -0.2) is 15.4 Å². The third-order valence-electron chi connectivity index (χ3n) is 10.1. The van der Waals surface area contributed by atoms with Gasteiger partial charge in [-0.3, -0.25) is 9.69 Å². The third kappa shape index (κ3) is 6.92. The van der Waals surface area contributed by atoms with Gasteiger partial charge >= 0.3 is 6.01 Å². The van der Waals surface area contributed by atoms with Crippen LogP contribution in [-0.2, 0) is 17.8 Å². The average molecular weight is 678 g/mol. The third-order valence-corrected chi connectivity index (χ3v) is 10.4. The molecule has 2 aromatic carbocycles. The zero-order valence-electron chi connectivity index (χ0n) is 27.7. The number of hydrogen-bond acceptors (Lipinski definition) is 7. The summed E-state index contributed by atoms with van der Waals surface area (Å²) in [6.45, 7) is 18.5. The lowest BCUT2D eigenvalue weighted by molar-refractivity contribution is -0.129. The van der Waals surface area contributed by atoms with Crippen LogP contribution in [0.4, 0.5) is 20.3 Å².